The van der Waals surface area contributed by atoms with Gasteiger partial charge in [0.15, 0.2) is 0 Å². The first kappa shape index (κ1) is 17.0. The average molecular weight is 292 g/mol. The van der Waals surface area contributed by atoms with E-state index in [2.05, 4.69) is 10.6 Å². The van der Waals surface area contributed by atoms with Crippen LogP contribution in [0.1, 0.15) is 56.0 Å². The van der Waals surface area contributed by atoms with Gasteiger partial charge in [0.05, 0.1) is 11.3 Å². The molecule has 0 saturated heterocycles. The summed E-state index contributed by atoms with van der Waals surface area (Å²) in [4.78, 5) is 23.4. The number of rotatable bonds is 6. The topological polar surface area (TPSA) is 78.4 Å². The molecule has 0 radical (unpaired) electrons. The van der Waals surface area contributed by atoms with Gasteiger partial charge in [-0.1, -0.05) is 32.4 Å². The first-order chi connectivity index (χ1) is 9.87. The van der Waals surface area contributed by atoms with Crippen LogP contribution in [0.5, 0.6) is 0 Å². The van der Waals surface area contributed by atoms with Gasteiger partial charge in [-0.25, -0.2) is 9.59 Å². The predicted octanol–water partition coefficient (Wildman–Crippen LogP) is 3.78. The van der Waals surface area contributed by atoms with Gasteiger partial charge in [-0.3, -0.25) is 0 Å². The quantitative estimate of drug-likeness (QED) is 0.746. The summed E-state index contributed by atoms with van der Waals surface area (Å²) in [5.74, 6) is -1.05. The fourth-order valence-corrected chi connectivity index (χ4v) is 2.35. The summed E-state index contributed by atoms with van der Waals surface area (Å²) in [7, 11) is 0. The molecule has 0 heterocycles. The van der Waals surface area contributed by atoms with Crippen LogP contribution in [0.3, 0.4) is 0 Å². The first-order valence-corrected chi connectivity index (χ1v) is 7.30. The number of nitrogens with one attached hydrogen (secondary N) is 2. The molecule has 0 saturated carbocycles. The number of amides is 2. The van der Waals surface area contributed by atoms with E-state index in [4.69, 9.17) is 0 Å². The van der Waals surface area contributed by atoms with E-state index in [0.717, 1.165) is 24.8 Å². The molecule has 0 aliphatic rings. The van der Waals surface area contributed by atoms with Gasteiger partial charge in [0.2, 0.25) is 0 Å². The van der Waals surface area contributed by atoms with Gasteiger partial charge >= 0.3 is 12.0 Å². The Morgan fingerprint density at radius 1 is 1.14 bits per heavy atom. The average Bonchev–Trinajstić information content (AvgIpc) is 2.46. The van der Waals surface area contributed by atoms with Crippen LogP contribution in [-0.4, -0.2) is 22.6 Å². The van der Waals surface area contributed by atoms with Crippen molar-refractivity contribution in [2.45, 2.75) is 52.5 Å². The van der Waals surface area contributed by atoms with Crippen LogP contribution < -0.4 is 10.6 Å². The third kappa shape index (κ3) is 4.21. The lowest BCUT2D eigenvalue weighted by Crippen LogP contribution is -2.49. The zero-order chi connectivity index (χ0) is 16.0. The molecule has 1 aromatic rings. The molecule has 0 aromatic heterocycles. The van der Waals surface area contributed by atoms with Gasteiger partial charge in [0.1, 0.15) is 0 Å². The predicted molar refractivity (Wildman–Crippen MR) is 83.9 cm³/mol. The number of urea groups is 1. The molecular formula is C16H24N2O3. The number of carbonyl (C=O) groups excluding carboxylic acids is 1. The smallest absolute Gasteiger partial charge is 0.337 e. The molecular weight excluding hydrogens is 268 g/mol. The monoisotopic (exact) mass is 292 g/mol. The standard InChI is InChI=1S/C16H24N2O3/c1-5-16(6-2,7-3)18-15(21)17-13-9-8-11(4)10-12(13)14(19)20/h8-10H,5-7H2,1-4H3,(H,19,20)(H2,17,18,21). The largest absolute Gasteiger partial charge is 0.478 e. The highest BCUT2D eigenvalue weighted by molar-refractivity contribution is 6.00. The Kier molecular flexibility index (Phi) is 5.76. The number of benzene rings is 1. The number of aromatic carboxylic acids is 1. The van der Waals surface area contributed by atoms with Crippen molar-refractivity contribution in [3.8, 4) is 0 Å². The maximum absolute atomic E-state index is 12.1. The molecule has 0 aliphatic heterocycles. The molecule has 0 bridgehead atoms. The lowest BCUT2D eigenvalue weighted by atomic mass is 9.90. The maximum Gasteiger partial charge on any atom is 0.337 e. The molecule has 1 aromatic carbocycles. The van der Waals surface area contributed by atoms with Crippen LogP contribution in [0.2, 0.25) is 0 Å². The van der Waals surface area contributed by atoms with Crippen molar-refractivity contribution in [3.05, 3.63) is 29.3 Å². The van der Waals surface area contributed by atoms with Crippen molar-refractivity contribution >= 4 is 17.7 Å². The Bertz CT molecular complexity index is 514. The summed E-state index contributed by atoms with van der Waals surface area (Å²) in [6, 6.07) is 4.57. The number of carbonyl (C=O) groups is 2. The Labute approximate surface area is 125 Å². The van der Waals surface area contributed by atoms with Crippen molar-refractivity contribution in [2.75, 3.05) is 5.32 Å². The van der Waals surface area contributed by atoms with Crippen LogP contribution in [0.15, 0.2) is 18.2 Å². The minimum Gasteiger partial charge on any atom is -0.478 e. The molecule has 0 atom stereocenters. The van der Waals surface area contributed by atoms with Gasteiger partial charge in [0.25, 0.3) is 0 Å². The van der Waals surface area contributed by atoms with E-state index in [9.17, 15) is 14.7 Å². The summed E-state index contributed by atoms with van der Waals surface area (Å²) < 4.78 is 0. The molecule has 0 aliphatic carbocycles. The fourth-order valence-electron chi connectivity index (χ4n) is 2.35. The summed E-state index contributed by atoms with van der Waals surface area (Å²) in [6.45, 7) is 7.90. The fraction of sp³-hybridized carbons (Fsp3) is 0.500. The summed E-state index contributed by atoms with van der Waals surface area (Å²) in [6.07, 6.45) is 2.48. The minimum atomic E-state index is -1.05. The number of hydrogen-bond donors (Lipinski definition) is 3. The van der Waals surface area contributed by atoms with Gasteiger partial charge in [-0.2, -0.15) is 0 Å². The zero-order valence-corrected chi connectivity index (χ0v) is 13.1. The molecule has 0 spiro atoms. The van der Waals surface area contributed by atoms with Crippen molar-refractivity contribution in [2.24, 2.45) is 0 Å². The Morgan fingerprint density at radius 2 is 1.71 bits per heavy atom. The zero-order valence-electron chi connectivity index (χ0n) is 13.1. The highest BCUT2D eigenvalue weighted by Crippen LogP contribution is 2.21. The van der Waals surface area contributed by atoms with Crippen LogP contribution in [-0.2, 0) is 0 Å². The van der Waals surface area contributed by atoms with E-state index < -0.39 is 5.97 Å². The second-order valence-corrected chi connectivity index (χ2v) is 5.27. The normalized spacial score (nSPS) is 11.0. The van der Waals surface area contributed by atoms with Crippen molar-refractivity contribution in [1.29, 1.82) is 0 Å². The molecule has 3 N–H and O–H groups in total. The molecule has 116 valence electrons. The maximum atomic E-state index is 12.1. The van der Waals surface area contributed by atoms with Gasteiger partial charge < -0.3 is 15.7 Å². The highest BCUT2D eigenvalue weighted by atomic mass is 16.4. The van der Waals surface area contributed by atoms with Crippen molar-refractivity contribution < 1.29 is 14.7 Å². The van der Waals surface area contributed by atoms with Crippen LogP contribution in [0.25, 0.3) is 0 Å². The Morgan fingerprint density at radius 3 is 2.19 bits per heavy atom. The van der Waals surface area contributed by atoms with Crippen LogP contribution in [0, 0.1) is 6.92 Å². The number of anilines is 1. The van der Waals surface area contributed by atoms with E-state index in [1.54, 1.807) is 18.2 Å². The van der Waals surface area contributed by atoms with E-state index >= 15 is 0 Å². The van der Waals surface area contributed by atoms with Crippen molar-refractivity contribution in [3.63, 3.8) is 0 Å². The summed E-state index contributed by atoms with van der Waals surface area (Å²) >= 11 is 0. The Hall–Kier alpha value is -2.04. The van der Waals surface area contributed by atoms with E-state index in [1.165, 1.54) is 0 Å². The molecule has 5 heteroatoms. The summed E-state index contributed by atoms with van der Waals surface area (Å²) in [5, 5.41) is 14.8. The molecule has 1 rings (SSSR count). The number of carboxylic acid groups (broad SMARTS) is 1. The van der Waals surface area contributed by atoms with E-state index in [0.29, 0.717) is 5.69 Å². The number of carboxylic acids is 1. The molecule has 2 amide bonds. The van der Waals surface area contributed by atoms with E-state index in [-0.39, 0.29) is 17.1 Å². The third-order valence-corrected chi connectivity index (χ3v) is 4.06. The lowest BCUT2D eigenvalue weighted by molar-refractivity contribution is 0.0698. The van der Waals surface area contributed by atoms with E-state index in [1.807, 2.05) is 27.7 Å². The third-order valence-electron chi connectivity index (χ3n) is 4.06. The number of hydrogen-bond acceptors (Lipinski definition) is 2. The second-order valence-electron chi connectivity index (χ2n) is 5.27. The SMILES string of the molecule is CCC(CC)(CC)NC(=O)Nc1ccc(C)cc1C(=O)O. The molecule has 5 nitrogen and oxygen atoms in total. The molecule has 0 fully saturated rings. The van der Waals surface area contributed by atoms with Crippen LogP contribution in [0.4, 0.5) is 10.5 Å². The Balaban J connectivity index is 2.91. The second kappa shape index (κ2) is 7.11. The van der Waals surface area contributed by atoms with Gasteiger partial charge in [0, 0.05) is 5.54 Å². The number of aryl methyl sites for hydroxylation is 1. The van der Waals surface area contributed by atoms with Crippen molar-refractivity contribution in [1.82, 2.24) is 5.32 Å². The van der Waals surface area contributed by atoms with Crippen LogP contribution >= 0.6 is 0 Å². The molecule has 21 heavy (non-hydrogen) atoms. The highest BCUT2D eigenvalue weighted by Gasteiger charge is 2.26. The minimum absolute atomic E-state index is 0.0974. The summed E-state index contributed by atoms with van der Waals surface area (Å²) in [5.41, 5.74) is 0.990. The molecule has 0 unspecified atom stereocenters. The first-order valence-electron chi connectivity index (χ1n) is 7.30. The van der Waals surface area contributed by atoms with Gasteiger partial charge in [-0.15, -0.1) is 0 Å². The lowest BCUT2D eigenvalue weighted by Gasteiger charge is -2.31. The van der Waals surface area contributed by atoms with Gasteiger partial charge in [-0.05, 0) is 38.3 Å².